The zero-order chi connectivity index (χ0) is 14.1. The number of anilines is 1. The number of aryl methyl sites for hydroxylation is 1. The third kappa shape index (κ3) is 4.64. The van der Waals surface area contributed by atoms with Gasteiger partial charge in [-0.1, -0.05) is 5.92 Å². The predicted octanol–water partition coefficient (Wildman–Crippen LogP) is 1.46. The van der Waals surface area contributed by atoms with Gasteiger partial charge in [0.1, 0.15) is 17.8 Å². The van der Waals surface area contributed by atoms with Crippen LogP contribution in [0.4, 0.5) is 5.82 Å². The highest BCUT2D eigenvalue weighted by Crippen LogP contribution is 2.05. The lowest BCUT2D eigenvalue weighted by Gasteiger charge is -1.90. The highest BCUT2D eigenvalue weighted by Gasteiger charge is 1.99. The third-order valence-corrected chi connectivity index (χ3v) is 2.13. The number of hydrogen-bond acceptors (Lipinski definition) is 4. The van der Waals surface area contributed by atoms with Gasteiger partial charge in [0.15, 0.2) is 0 Å². The fourth-order valence-electron chi connectivity index (χ4n) is 1.28. The zero-order valence-corrected chi connectivity index (χ0v) is 11.2. The van der Waals surface area contributed by atoms with Crippen molar-refractivity contribution in [1.82, 2.24) is 14.8 Å². The van der Waals surface area contributed by atoms with Crippen LogP contribution in [0.25, 0.3) is 0 Å². The van der Waals surface area contributed by atoms with Gasteiger partial charge in [0.25, 0.3) is 0 Å². The van der Waals surface area contributed by atoms with E-state index in [2.05, 4.69) is 27.2 Å². The smallest absolute Gasteiger partial charge is 0.149 e. The van der Waals surface area contributed by atoms with Crippen molar-refractivity contribution in [3.05, 3.63) is 41.9 Å². The van der Waals surface area contributed by atoms with Gasteiger partial charge in [-0.05, 0) is 25.0 Å². The second kappa shape index (κ2) is 7.67. The van der Waals surface area contributed by atoms with Gasteiger partial charge < -0.3 is 10.1 Å². The van der Waals surface area contributed by atoms with Crippen molar-refractivity contribution in [2.45, 2.75) is 6.92 Å². The normalized spacial score (nSPS) is 8.58. The minimum absolute atomic E-state index is 0.750. The Bertz CT molecular complexity index is 578. The molecule has 2 aromatic rings. The van der Waals surface area contributed by atoms with Gasteiger partial charge in [-0.3, -0.25) is 9.67 Å². The number of nitrogens with zero attached hydrogens (tertiary/aromatic N) is 3. The van der Waals surface area contributed by atoms with Crippen LogP contribution in [-0.4, -0.2) is 28.1 Å². The Labute approximate surface area is 112 Å². The lowest BCUT2D eigenvalue weighted by Crippen LogP contribution is -1.95. The molecule has 0 saturated carbocycles. The van der Waals surface area contributed by atoms with E-state index in [-0.39, 0.29) is 0 Å². The Hall–Kier alpha value is -2.61. The van der Waals surface area contributed by atoms with Gasteiger partial charge in [-0.15, -0.1) is 0 Å². The van der Waals surface area contributed by atoms with Gasteiger partial charge in [0.05, 0.1) is 0 Å². The average molecular weight is 256 g/mol. The van der Waals surface area contributed by atoms with Crippen molar-refractivity contribution in [1.29, 1.82) is 0 Å². The summed E-state index contributed by atoms with van der Waals surface area (Å²) in [4.78, 5) is 12.8. The van der Waals surface area contributed by atoms with E-state index in [0.717, 1.165) is 23.4 Å². The molecule has 0 aliphatic rings. The molecule has 0 unspecified atom stereocenters. The largest absolute Gasteiger partial charge is 0.372 e. The van der Waals surface area contributed by atoms with Gasteiger partial charge in [0, 0.05) is 38.1 Å². The minimum atomic E-state index is 0.750. The van der Waals surface area contributed by atoms with E-state index in [9.17, 15) is 0 Å². The van der Waals surface area contributed by atoms with E-state index in [1.54, 1.807) is 17.1 Å². The van der Waals surface area contributed by atoms with E-state index in [0.29, 0.717) is 0 Å². The Balaban J connectivity index is 0.000000550. The van der Waals surface area contributed by atoms with Crippen LogP contribution in [0.2, 0.25) is 0 Å². The number of aldehydes is 1. The number of carbonyl (C=O) groups is 1. The molecule has 0 atom stereocenters. The van der Waals surface area contributed by atoms with Crippen LogP contribution in [0.15, 0.2) is 30.6 Å². The summed E-state index contributed by atoms with van der Waals surface area (Å²) in [6.07, 6.45) is 4.22. The van der Waals surface area contributed by atoms with E-state index in [4.69, 9.17) is 4.79 Å². The molecule has 0 bridgehead atoms. The summed E-state index contributed by atoms with van der Waals surface area (Å²) in [6, 6.07) is 5.70. The molecule has 0 aliphatic carbocycles. The molecule has 0 aliphatic heterocycles. The third-order valence-electron chi connectivity index (χ3n) is 2.13. The topological polar surface area (TPSA) is 59.8 Å². The molecule has 1 N–H and O–H groups in total. The van der Waals surface area contributed by atoms with Crippen LogP contribution in [0, 0.1) is 11.8 Å². The fourth-order valence-corrected chi connectivity index (χ4v) is 1.28. The van der Waals surface area contributed by atoms with Crippen molar-refractivity contribution in [3.63, 3.8) is 0 Å². The number of nitrogens with one attached hydrogen (secondary N) is 1. The summed E-state index contributed by atoms with van der Waals surface area (Å²) in [5.74, 6) is 6.91. The van der Waals surface area contributed by atoms with Crippen LogP contribution in [-0.2, 0) is 11.8 Å². The highest BCUT2D eigenvalue weighted by molar-refractivity contribution is 5.45. The first kappa shape index (κ1) is 14.5. The van der Waals surface area contributed by atoms with E-state index in [1.807, 2.05) is 32.3 Å². The predicted molar refractivity (Wildman–Crippen MR) is 74.7 cm³/mol. The van der Waals surface area contributed by atoms with Crippen molar-refractivity contribution in [3.8, 4) is 11.8 Å². The van der Waals surface area contributed by atoms with Crippen LogP contribution in [0.5, 0.6) is 0 Å². The summed E-state index contributed by atoms with van der Waals surface area (Å²) in [5, 5.41) is 7.20. The minimum Gasteiger partial charge on any atom is -0.372 e. The Morgan fingerprint density at radius 2 is 2.16 bits per heavy atom. The van der Waals surface area contributed by atoms with Crippen LogP contribution >= 0.6 is 0 Å². The Morgan fingerprint density at radius 1 is 1.42 bits per heavy atom. The quantitative estimate of drug-likeness (QED) is 0.620. The maximum atomic E-state index is 8.81. The molecule has 5 heteroatoms. The summed E-state index contributed by atoms with van der Waals surface area (Å²) >= 11 is 0. The summed E-state index contributed by atoms with van der Waals surface area (Å²) in [7, 11) is 3.70. The first-order chi connectivity index (χ1) is 9.21. The van der Waals surface area contributed by atoms with Gasteiger partial charge >= 0.3 is 0 Å². The monoisotopic (exact) mass is 256 g/mol. The van der Waals surface area contributed by atoms with E-state index >= 15 is 0 Å². The maximum absolute atomic E-state index is 8.81. The molecule has 19 heavy (non-hydrogen) atoms. The van der Waals surface area contributed by atoms with Crippen LogP contribution in [0.1, 0.15) is 18.2 Å². The standard InChI is InChI=1S/C12H12N4.C2H4O/c1-13-12-8-11(16(2)15-12)6-5-10-4-3-7-14-9-10;1-2-3/h3-4,7-9H,1-2H3,(H,13,15);2H,1H3. The second-order valence-electron chi connectivity index (χ2n) is 3.52. The first-order valence-corrected chi connectivity index (χ1v) is 5.75. The summed E-state index contributed by atoms with van der Waals surface area (Å²) in [6.45, 7) is 1.44. The number of carbonyl (C=O) groups excluding carboxylic acids is 1. The first-order valence-electron chi connectivity index (χ1n) is 5.75. The molecular weight excluding hydrogens is 240 g/mol. The molecule has 0 radical (unpaired) electrons. The Kier molecular flexibility index (Phi) is 5.83. The van der Waals surface area contributed by atoms with Crippen LogP contribution in [0.3, 0.4) is 0 Å². The second-order valence-corrected chi connectivity index (χ2v) is 3.52. The zero-order valence-electron chi connectivity index (χ0n) is 11.2. The molecule has 5 nitrogen and oxygen atoms in total. The molecular formula is C14H16N4O. The van der Waals surface area contributed by atoms with Crippen molar-refractivity contribution >= 4 is 12.1 Å². The lowest BCUT2D eigenvalue weighted by atomic mass is 10.3. The number of rotatable bonds is 1. The number of hydrogen-bond donors (Lipinski definition) is 1. The van der Waals surface area contributed by atoms with Gasteiger partial charge in [-0.2, -0.15) is 5.10 Å². The molecule has 0 fully saturated rings. The van der Waals surface area contributed by atoms with Crippen LogP contribution < -0.4 is 5.32 Å². The molecule has 0 spiro atoms. The van der Waals surface area contributed by atoms with E-state index in [1.165, 1.54) is 6.92 Å². The van der Waals surface area contributed by atoms with Crippen molar-refractivity contribution in [2.75, 3.05) is 12.4 Å². The number of pyridine rings is 1. The maximum Gasteiger partial charge on any atom is 0.149 e. The SMILES string of the molecule is CC=O.CNc1cc(C#Cc2cccnc2)n(C)n1. The Morgan fingerprint density at radius 3 is 2.68 bits per heavy atom. The van der Waals surface area contributed by atoms with Gasteiger partial charge in [-0.25, -0.2) is 0 Å². The highest BCUT2D eigenvalue weighted by atomic mass is 16.1. The number of aromatic nitrogens is 3. The van der Waals surface area contributed by atoms with Gasteiger partial charge in [0.2, 0.25) is 0 Å². The molecule has 0 aromatic carbocycles. The van der Waals surface area contributed by atoms with Crippen molar-refractivity contribution in [2.24, 2.45) is 7.05 Å². The summed E-state index contributed by atoms with van der Waals surface area (Å²) in [5.41, 5.74) is 1.77. The fraction of sp³-hybridized carbons (Fsp3) is 0.214. The average Bonchev–Trinajstić information content (AvgIpc) is 2.79. The molecule has 0 saturated heterocycles. The molecule has 98 valence electrons. The molecule has 2 heterocycles. The molecule has 0 amide bonds. The summed E-state index contributed by atoms with van der Waals surface area (Å²) < 4.78 is 1.75. The van der Waals surface area contributed by atoms with Crippen molar-refractivity contribution < 1.29 is 4.79 Å². The molecule has 2 aromatic heterocycles. The lowest BCUT2D eigenvalue weighted by molar-refractivity contribution is -0.106. The molecule has 2 rings (SSSR count). The van der Waals surface area contributed by atoms with E-state index < -0.39 is 0 Å².